The van der Waals surface area contributed by atoms with Crippen LogP contribution in [0.2, 0.25) is 0 Å². The molecule has 1 aromatic carbocycles. The molecule has 1 N–H and O–H groups in total. The summed E-state index contributed by atoms with van der Waals surface area (Å²) in [6.07, 6.45) is 1.33. The second-order valence-corrected chi connectivity index (χ2v) is 6.93. The monoisotopic (exact) mass is 357 g/mol. The Balaban J connectivity index is 1.47. The van der Waals surface area contributed by atoms with E-state index in [9.17, 15) is 4.79 Å². The van der Waals surface area contributed by atoms with Crippen molar-refractivity contribution in [3.8, 4) is 11.5 Å². The number of nitrogens with one attached hydrogen (secondary N) is 1. The quantitative estimate of drug-likeness (QED) is 0.863. The van der Waals surface area contributed by atoms with Crippen molar-refractivity contribution in [2.24, 2.45) is 5.92 Å². The SMILES string of the molecule is COc1ccc2c(c1)OC[C@@H](CNC(=O)CCn1nc(C)c(C)c1C)C2. The van der Waals surface area contributed by atoms with Crippen LogP contribution >= 0.6 is 0 Å². The highest BCUT2D eigenvalue weighted by atomic mass is 16.5. The zero-order valence-electron chi connectivity index (χ0n) is 16.0. The molecule has 1 amide bonds. The molecule has 1 aliphatic heterocycles. The lowest BCUT2D eigenvalue weighted by atomic mass is 9.96. The highest BCUT2D eigenvalue weighted by Crippen LogP contribution is 2.30. The minimum atomic E-state index is 0.0516. The summed E-state index contributed by atoms with van der Waals surface area (Å²) in [7, 11) is 1.65. The maximum atomic E-state index is 12.2. The molecular weight excluding hydrogens is 330 g/mol. The van der Waals surface area contributed by atoms with Crippen LogP contribution in [0.1, 0.15) is 28.9 Å². The Labute approximate surface area is 154 Å². The van der Waals surface area contributed by atoms with Crippen LogP contribution in [0.15, 0.2) is 18.2 Å². The van der Waals surface area contributed by atoms with Gasteiger partial charge in [0, 0.05) is 37.2 Å². The standard InChI is InChI=1S/C20H27N3O3/c1-13-14(2)22-23(15(13)3)8-7-20(24)21-11-16-9-17-5-6-18(25-4)10-19(17)26-12-16/h5-6,10,16H,7-9,11-12H2,1-4H3,(H,21,24)/t16-/m1/s1. The number of hydrogen-bond donors (Lipinski definition) is 1. The van der Waals surface area contributed by atoms with E-state index in [0.717, 1.165) is 34.9 Å². The normalized spacial score (nSPS) is 15.9. The molecule has 1 atom stereocenters. The van der Waals surface area contributed by atoms with Crippen molar-refractivity contribution in [3.63, 3.8) is 0 Å². The highest BCUT2D eigenvalue weighted by Gasteiger charge is 2.21. The molecule has 0 radical (unpaired) electrons. The Morgan fingerprint density at radius 2 is 2.19 bits per heavy atom. The van der Waals surface area contributed by atoms with E-state index in [2.05, 4.69) is 17.3 Å². The lowest BCUT2D eigenvalue weighted by Crippen LogP contribution is -2.35. The van der Waals surface area contributed by atoms with Gasteiger partial charge < -0.3 is 14.8 Å². The fraction of sp³-hybridized carbons (Fsp3) is 0.500. The Hall–Kier alpha value is -2.50. The number of nitrogens with zero attached hydrogens (tertiary/aromatic N) is 2. The molecule has 0 aliphatic carbocycles. The van der Waals surface area contributed by atoms with Gasteiger partial charge in [-0.05, 0) is 44.4 Å². The molecule has 0 bridgehead atoms. The number of methoxy groups -OCH3 is 1. The average Bonchev–Trinajstić information content (AvgIpc) is 2.90. The van der Waals surface area contributed by atoms with Crippen molar-refractivity contribution >= 4 is 5.91 Å². The van der Waals surface area contributed by atoms with Crippen molar-refractivity contribution in [3.05, 3.63) is 40.7 Å². The molecule has 1 aliphatic rings. The Kier molecular flexibility index (Phi) is 5.49. The molecule has 6 heteroatoms. The number of hydrogen-bond acceptors (Lipinski definition) is 4. The number of carbonyl (C=O) groups is 1. The molecule has 26 heavy (non-hydrogen) atoms. The Morgan fingerprint density at radius 1 is 1.38 bits per heavy atom. The molecular formula is C20H27N3O3. The molecule has 3 rings (SSSR count). The molecule has 0 unspecified atom stereocenters. The van der Waals surface area contributed by atoms with Gasteiger partial charge in [-0.2, -0.15) is 5.10 Å². The van der Waals surface area contributed by atoms with Crippen molar-refractivity contribution in [1.29, 1.82) is 0 Å². The first-order chi connectivity index (χ1) is 12.5. The number of rotatable bonds is 6. The van der Waals surface area contributed by atoms with Gasteiger partial charge in [-0.1, -0.05) is 6.07 Å². The number of fused-ring (bicyclic) bond motifs is 1. The lowest BCUT2D eigenvalue weighted by Gasteiger charge is -2.25. The van der Waals surface area contributed by atoms with Crippen LogP contribution in [0.25, 0.3) is 0 Å². The summed E-state index contributed by atoms with van der Waals surface area (Å²) in [5.41, 5.74) is 4.51. The second kappa shape index (κ2) is 7.81. The van der Waals surface area contributed by atoms with E-state index in [0.29, 0.717) is 26.1 Å². The van der Waals surface area contributed by atoms with Crippen LogP contribution < -0.4 is 14.8 Å². The van der Waals surface area contributed by atoms with E-state index in [4.69, 9.17) is 9.47 Å². The minimum Gasteiger partial charge on any atom is -0.497 e. The first-order valence-electron chi connectivity index (χ1n) is 9.05. The van der Waals surface area contributed by atoms with Crippen molar-refractivity contribution in [1.82, 2.24) is 15.1 Å². The molecule has 2 heterocycles. The zero-order chi connectivity index (χ0) is 18.7. The fourth-order valence-corrected chi connectivity index (χ4v) is 3.23. The lowest BCUT2D eigenvalue weighted by molar-refractivity contribution is -0.121. The van der Waals surface area contributed by atoms with E-state index in [-0.39, 0.29) is 11.8 Å². The van der Waals surface area contributed by atoms with Crippen LogP contribution in [0.4, 0.5) is 0 Å². The molecule has 0 saturated carbocycles. The van der Waals surface area contributed by atoms with E-state index < -0.39 is 0 Å². The largest absolute Gasteiger partial charge is 0.497 e. The van der Waals surface area contributed by atoms with Crippen LogP contribution in [-0.4, -0.2) is 35.9 Å². The highest BCUT2D eigenvalue weighted by molar-refractivity contribution is 5.75. The predicted octanol–water partition coefficient (Wildman–Crippen LogP) is 2.57. The molecule has 2 aromatic rings. The summed E-state index contributed by atoms with van der Waals surface area (Å²) in [5.74, 6) is 2.02. The zero-order valence-corrected chi connectivity index (χ0v) is 16.0. The number of aromatic nitrogens is 2. The second-order valence-electron chi connectivity index (χ2n) is 6.93. The summed E-state index contributed by atoms with van der Waals surface area (Å²) in [6, 6.07) is 5.90. The van der Waals surface area contributed by atoms with Gasteiger partial charge in [-0.25, -0.2) is 0 Å². The Bertz CT molecular complexity index is 798. The summed E-state index contributed by atoms with van der Waals surface area (Å²) in [6.45, 7) is 7.94. The number of aryl methyl sites for hydroxylation is 2. The van der Waals surface area contributed by atoms with E-state index in [1.807, 2.05) is 36.7 Å². The summed E-state index contributed by atoms with van der Waals surface area (Å²) >= 11 is 0. The first-order valence-corrected chi connectivity index (χ1v) is 9.05. The minimum absolute atomic E-state index is 0.0516. The third-order valence-electron chi connectivity index (χ3n) is 5.14. The number of ether oxygens (including phenoxy) is 2. The van der Waals surface area contributed by atoms with E-state index >= 15 is 0 Å². The molecule has 140 valence electrons. The molecule has 0 fully saturated rings. The van der Waals surface area contributed by atoms with Gasteiger partial charge in [0.05, 0.1) is 19.4 Å². The number of benzene rings is 1. The van der Waals surface area contributed by atoms with Crippen LogP contribution in [-0.2, 0) is 17.8 Å². The van der Waals surface area contributed by atoms with Crippen LogP contribution in [0.3, 0.4) is 0 Å². The summed E-state index contributed by atoms with van der Waals surface area (Å²) < 4.78 is 13.0. The van der Waals surface area contributed by atoms with Crippen LogP contribution in [0.5, 0.6) is 11.5 Å². The molecule has 1 aromatic heterocycles. The van der Waals surface area contributed by atoms with Gasteiger partial charge in [0.1, 0.15) is 11.5 Å². The van der Waals surface area contributed by atoms with Crippen molar-refractivity contribution in [2.45, 2.75) is 40.2 Å². The van der Waals surface area contributed by atoms with Gasteiger partial charge in [0.2, 0.25) is 5.91 Å². The molecule has 0 saturated heterocycles. The Morgan fingerprint density at radius 3 is 2.88 bits per heavy atom. The molecule has 6 nitrogen and oxygen atoms in total. The van der Waals surface area contributed by atoms with Gasteiger partial charge in [0.15, 0.2) is 0 Å². The maximum Gasteiger partial charge on any atom is 0.221 e. The van der Waals surface area contributed by atoms with E-state index in [1.54, 1.807) is 7.11 Å². The summed E-state index contributed by atoms with van der Waals surface area (Å²) in [5, 5.41) is 7.51. The van der Waals surface area contributed by atoms with E-state index in [1.165, 1.54) is 5.56 Å². The van der Waals surface area contributed by atoms with Crippen molar-refractivity contribution in [2.75, 3.05) is 20.3 Å². The van der Waals surface area contributed by atoms with Gasteiger partial charge in [0.25, 0.3) is 0 Å². The third-order valence-corrected chi connectivity index (χ3v) is 5.14. The van der Waals surface area contributed by atoms with Gasteiger partial charge in [-0.3, -0.25) is 9.48 Å². The number of amides is 1. The van der Waals surface area contributed by atoms with Gasteiger partial charge in [-0.15, -0.1) is 0 Å². The number of carbonyl (C=O) groups excluding carboxylic acids is 1. The maximum absolute atomic E-state index is 12.2. The fourth-order valence-electron chi connectivity index (χ4n) is 3.23. The topological polar surface area (TPSA) is 65.4 Å². The van der Waals surface area contributed by atoms with Gasteiger partial charge >= 0.3 is 0 Å². The predicted molar refractivity (Wildman–Crippen MR) is 99.7 cm³/mol. The van der Waals surface area contributed by atoms with Crippen LogP contribution in [0, 0.1) is 26.7 Å². The third kappa shape index (κ3) is 4.00. The van der Waals surface area contributed by atoms with Crippen molar-refractivity contribution < 1.29 is 14.3 Å². The summed E-state index contributed by atoms with van der Waals surface area (Å²) in [4.78, 5) is 12.2. The smallest absolute Gasteiger partial charge is 0.221 e. The average molecular weight is 357 g/mol. The molecule has 0 spiro atoms. The first kappa shape index (κ1) is 18.3.